The van der Waals surface area contributed by atoms with Gasteiger partial charge < -0.3 is 15.4 Å². The first-order valence-corrected chi connectivity index (χ1v) is 6.63. The van der Waals surface area contributed by atoms with Gasteiger partial charge in [-0.15, -0.1) is 0 Å². The Morgan fingerprint density at radius 3 is 2.88 bits per heavy atom. The van der Waals surface area contributed by atoms with Crippen molar-refractivity contribution < 1.29 is 5.11 Å². The molecule has 3 N–H and O–H groups in total. The fourth-order valence-corrected chi connectivity index (χ4v) is 2.48. The minimum absolute atomic E-state index is 0.225. The molecule has 0 unspecified atom stereocenters. The van der Waals surface area contributed by atoms with E-state index in [0.717, 1.165) is 23.9 Å². The molecule has 0 aliphatic rings. The van der Waals surface area contributed by atoms with Crippen LogP contribution in [-0.4, -0.2) is 22.8 Å². The minimum atomic E-state index is 0.225. The second-order valence-corrected chi connectivity index (χ2v) is 5.04. The summed E-state index contributed by atoms with van der Waals surface area (Å²) < 4.78 is 3.28. The number of benzene rings is 1. The summed E-state index contributed by atoms with van der Waals surface area (Å²) in [5, 5.41) is 10.2. The number of nitrogens with zero attached hydrogens (tertiary/aromatic N) is 1. The lowest BCUT2D eigenvalue weighted by Gasteiger charge is -2.03. The Morgan fingerprint density at radius 2 is 2.18 bits per heavy atom. The zero-order chi connectivity index (χ0) is 12.3. The van der Waals surface area contributed by atoms with Crippen molar-refractivity contribution in [2.24, 2.45) is 5.73 Å². The Kier molecular flexibility index (Phi) is 4.20. The molecular weight excluding hydrogens is 280 g/mol. The fourth-order valence-electron chi connectivity index (χ4n) is 2.12. The van der Waals surface area contributed by atoms with E-state index in [2.05, 4.69) is 38.8 Å². The predicted octanol–water partition coefficient (Wildman–Crippen LogP) is 2.29. The Labute approximate surface area is 109 Å². The van der Waals surface area contributed by atoms with Crippen molar-refractivity contribution >= 4 is 26.8 Å². The highest BCUT2D eigenvalue weighted by atomic mass is 79.9. The van der Waals surface area contributed by atoms with Gasteiger partial charge in [-0.3, -0.25) is 0 Å². The van der Waals surface area contributed by atoms with Gasteiger partial charge in [-0.05, 0) is 43.1 Å². The van der Waals surface area contributed by atoms with Crippen molar-refractivity contribution in [2.75, 3.05) is 13.2 Å². The summed E-state index contributed by atoms with van der Waals surface area (Å²) >= 11 is 3.50. The average Bonchev–Trinajstić information content (AvgIpc) is 2.65. The number of aliphatic hydroxyl groups is 1. The van der Waals surface area contributed by atoms with Crippen LogP contribution in [0, 0.1) is 0 Å². The minimum Gasteiger partial charge on any atom is -0.396 e. The second-order valence-electron chi connectivity index (χ2n) is 4.13. The molecule has 3 nitrogen and oxygen atoms in total. The molecule has 1 heterocycles. The van der Waals surface area contributed by atoms with Crippen molar-refractivity contribution in [3.8, 4) is 0 Å². The third-order valence-corrected chi connectivity index (χ3v) is 3.39. The summed E-state index contributed by atoms with van der Waals surface area (Å²) in [6.07, 6.45) is 3.82. The predicted molar refractivity (Wildman–Crippen MR) is 74.1 cm³/mol. The van der Waals surface area contributed by atoms with Crippen LogP contribution in [-0.2, 0) is 13.0 Å². The molecule has 0 atom stereocenters. The maximum atomic E-state index is 8.91. The molecule has 4 heteroatoms. The summed E-state index contributed by atoms with van der Waals surface area (Å²) in [6.45, 7) is 1.73. The zero-order valence-electron chi connectivity index (χ0n) is 9.69. The molecule has 0 bridgehead atoms. The van der Waals surface area contributed by atoms with Gasteiger partial charge in [-0.1, -0.05) is 15.9 Å². The van der Waals surface area contributed by atoms with Crippen LogP contribution in [0.4, 0.5) is 0 Å². The Bertz CT molecular complexity index is 507. The first-order valence-electron chi connectivity index (χ1n) is 5.84. The van der Waals surface area contributed by atoms with E-state index in [1.807, 2.05) is 6.07 Å². The molecule has 0 aliphatic carbocycles. The van der Waals surface area contributed by atoms with Crippen LogP contribution in [0.15, 0.2) is 28.9 Å². The van der Waals surface area contributed by atoms with Crippen LogP contribution in [0.25, 0.3) is 10.9 Å². The molecule has 1 aromatic heterocycles. The lowest BCUT2D eigenvalue weighted by Crippen LogP contribution is -2.02. The van der Waals surface area contributed by atoms with Crippen molar-refractivity contribution in [1.29, 1.82) is 0 Å². The molecule has 0 radical (unpaired) electrons. The van der Waals surface area contributed by atoms with Gasteiger partial charge in [0.05, 0.1) is 0 Å². The number of hydrogen-bond acceptors (Lipinski definition) is 2. The molecule has 2 rings (SSSR count). The van der Waals surface area contributed by atoms with Gasteiger partial charge in [-0.2, -0.15) is 0 Å². The number of rotatable bonds is 5. The highest BCUT2D eigenvalue weighted by Crippen LogP contribution is 2.25. The molecule has 0 fully saturated rings. The van der Waals surface area contributed by atoms with Crippen molar-refractivity contribution in [2.45, 2.75) is 19.4 Å². The van der Waals surface area contributed by atoms with Crippen LogP contribution in [0.3, 0.4) is 0 Å². The van der Waals surface area contributed by atoms with E-state index in [1.165, 1.54) is 16.5 Å². The molecule has 0 spiro atoms. The number of halogens is 1. The number of aliphatic hydroxyl groups excluding tert-OH is 1. The lowest BCUT2D eigenvalue weighted by molar-refractivity contribution is 0.280. The monoisotopic (exact) mass is 296 g/mol. The van der Waals surface area contributed by atoms with Crippen molar-refractivity contribution in [3.63, 3.8) is 0 Å². The van der Waals surface area contributed by atoms with Crippen molar-refractivity contribution in [1.82, 2.24) is 4.57 Å². The molecule has 0 aliphatic heterocycles. The first kappa shape index (κ1) is 12.6. The smallest absolute Gasteiger partial charge is 0.0483 e. The van der Waals surface area contributed by atoms with E-state index < -0.39 is 0 Å². The third-order valence-electron chi connectivity index (χ3n) is 2.90. The highest BCUT2D eigenvalue weighted by Gasteiger charge is 2.08. The number of hydrogen-bond donors (Lipinski definition) is 2. The number of aryl methyl sites for hydroxylation is 1. The molecule has 92 valence electrons. The topological polar surface area (TPSA) is 51.2 Å². The molecular formula is C13H17BrN2O. The van der Waals surface area contributed by atoms with Crippen LogP contribution in [0.2, 0.25) is 0 Å². The summed E-state index contributed by atoms with van der Waals surface area (Å²) in [5.74, 6) is 0. The summed E-state index contributed by atoms with van der Waals surface area (Å²) in [7, 11) is 0. The van der Waals surface area contributed by atoms with Crippen LogP contribution in [0.5, 0.6) is 0 Å². The van der Waals surface area contributed by atoms with Crippen LogP contribution >= 0.6 is 15.9 Å². The van der Waals surface area contributed by atoms with Gasteiger partial charge >= 0.3 is 0 Å². The van der Waals surface area contributed by atoms with Gasteiger partial charge in [0.1, 0.15) is 0 Å². The van der Waals surface area contributed by atoms with E-state index >= 15 is 0 Å². The van der Waals surface area contributed by atoms with E-state index in [1.54, 1.807) is 0 Å². The lowest BCUT2D eigenvalue weighted by atomic mass is 10.1. The highest BCUT2D eigenvalue weighted by molar-refractivity contribution is 9.10. The SMILES string of the molecule is NCCc1cn(CCCO)c2ccc(Br)cc12. The number of nitrogens with two attached hydrogens (primary N) is 1. The first-order chi connectivity index (χ1) is 8.26. The molecule has 17 heavy (non-hydrogen) atoms. The largest absolute Gasteiger partial charge is 0.396 e. The quantitative estimate of drug-likeness (QED) is 0.889. The summed E-state index contributed by atoms with van der Waals surface area (Å²) in [4.78, 5) is 0. The van der Waals surface area contributed by atoms with Crippen LogP contribution < -0.4 is 5.73 Å². The van der Waals surface area contributed by atoms with E-state index in [-0.39, 0.29) is 6.61 Å². The van der Waals surface area contributed by atoms with Gasteiger partial charge in [0.15, 0.2) is 0 Å². The molecule has 1 aromatic carbocycles. The second kappa shape index (κ2) is 5.67. The van der Waals surface area contributed by atoms with E-state index in [4.69, 9.17) is 10.8 Å². The summed E-state index contributed by atoms with van der Waals surface area (Å²) in [5.41, 5.74) is 8.13. The molecule has 0 amide bonds. The number of aromatic nitrogens is 1. The molecule has 0 saturated heterocycles. The zero-order valence-corrected chi connectivity index (χ0v) is 11.3. The van der Waals surface area contributed by atoms with E-state index in [0.29, 0.717) is 6.54 Å². The van der Waals surface area contributed by atoms with Gasteiger partial charge in [0, 0.05) is 34.7 Å². The van der Waals surface area contributed by atoms with Gasteiger partial charge in [0.2, 0.25) is 0 Å². The summed E-state index contributed by atoms with van der Waals surface area (Å²) in [6, 6.07) is 6.29. The third kappa shape index (κ3) is 2.70. The normalized spacial score (nSPS) is 11.2. The Balaban J connectivity index is 2.46. The Hall–Kier alpha value is -0.840. The number of fused-ring (bicyclic) bond motifs is 1. The average molecular weight is 297 g/mol. The van der Waals surface area contributed by atoms with Gasteiger partial charge in [0.25, 0.3) is 0 Å². The maximum Gasteiger partial charge on any atom is 0.0483 e. The molecule has 0 saturated carbocycles. The van der Waals surface area contributed by atoms with E-state index in [9.17, 15) is 0 Å². The fraction of sp³-hybridized carbons (Fsp3) is 0.385. The maximum absolute atomic E-state index is 8.91. The standard InChI is InChI=1S/C13H17BrN2O/c14-11-2-3-13-12(8-11)10(4-5-15)9-16(13)6-1-7-17/h2-3,8-9,17H,1,4-7,15H2. The molecule has 2 aromatic rings. The Morgan fingerprint density at radius 1 is 1.35 bits per heavy atom. The van der Waals surface area contributed by atoms with Crippen LogP contribution in [0.1, 0.15) is 12.0 Å². The van der Waals surface area contributed by atoms with Crippen molar-refractivity contribution in [3.05, 3.63) is 34.4 Å². The van der Waals surface area contributed by atoms with Gasteiger partial charge in [-0.25, -0.2) is 0 Å².